The number of ether oxygens (including phenoxy) is 1. The largest absolute Gasteiger partial charge is 0.384 e. The Labute approximate surface area is 135 Å². The highest BCUT2D eigenvalue weighted by atomic mass is 35.5. The number of hydrogen-bond donors (Lipinski definition) is 2. The van der Waals surface area contributed by atoms with Crippen molar-refractivity contribution in [3.05, 3.63) is 34.0 Å². The van der Waals surface area contributed by atoms with Crippen LogP contribution in [0.1, 0.15) is 29.7 Å². The summed E-state index contributed by atoms with van der Waals surface area (Å²) in [6, 6.07) is 4.19. The molecule has 1 aliphatic carbocycles. The lowest BCUT2D eigenvalue weighted by molar-refractivity contribution is -0.122. The SMILES string of the molecule is COCCC(=O)NC1CCc2[nH]c3c(C)cc(Cl)cc3c2C1. The number of rotatable bonds is 4. The lowest BCUT2D eigenvalue weighted by atomic mass is 9.91. The molecule has 0 fully saturated rings. The fraction of sp³-hybridized carbons (Fsp3) is 0.471. The lowest BCUT2D eigenvalue weighted by Gasteiger charge is -2.23. The third-order valence-electron chi connectivity index (χ3n) is 4.36. The van der Waals surface area contributed by atoms with Crippen LogP contribution in [0.4, 0.5) is 0 Å². The van der Waals surface area contributed by atoms with E-state index in [4.69, 9.17) is 16.3 Å². The molecular weight excluding hydrogens is 300 g/mol. The predicted octanol–water partition coefficient (Wildman–Crippen LogP) is 3.14. The summed E-state index contributed by atoms with van der Waals surface area (Å²) >= 11 is 6.20. The summed E-state index contributed by atoms with van der Waals surface area (Å²) in [6.07, 6.45) is 3.19. The number of nitrogens with one attached hydrogen (secondary N) is 2. The maximum atomic E-state index is 11.9. The second-order valence-corrected chi connectivity index (χ2v) is 6.41. The second kappa shape index (κ2) is 6.31. The highest BCUT2D eigenvalue weighted by molar-refractivity contribution is 6.31. The maximum absolute atomic E-state index is 11.9. The van der Waals surface area contributed by atoms with Crippen molar-refractivity contribution in [2.24, 2.45) is 0 Å². The van der Waals surface area contributed by atoms with Gasteiger partial charge in [-0.15, -0.1) is 0 Å². The number of aromatic amines is 1. The van der Waals surface area contributed by atoms with E-state index in [2.05, 4.69) is 17.2 Å². The summed E-state index contributed by atoms with van der Waals surface area (Å²) in [7, 11) is 1.61. The lowest BCUT2D eigenvalue weighted by Crippen LogP contribution is -2.39. The van der Waals surface area contributed by atoms with E-state index in [1.165, 1.54) is 22.2 Å². The minimum absolute atomic E-state index is 0.0596. The van der Waals surface area contributed by atoms with E-state index in [0.29, 0.717) is 13.0 Å². The van der Waals surface area contributed by atoms with Crippen molar-refractivity contribution in [1.82, 2.24) is 10.3 Å². The highest BCUT2D eigenvalue weighted by Gasteiger charge is 2.24. The van der Waals surface area contributed by atoms with Gasteiger partial charge in [0.2, 0.25) is 5.91 Å². The van der Waals surface area contributed by atoms with E-state index in [1.807, 2.05) is 12.1 Å². The molecule has 2 aromatic rings. The molecule has 0 bridgehead atoms. The first-order valence-electron chi connectivity index (χ1n) is 7.66. The fourth-order valence-electron chi connectivity index (χ4n) is 3.27. The van der Waals surface area contributed by atoms with Crippen molar-refractivity contribution < 1.29 is 9.53 Å². The Balaban J connectivity index is 1.81. The van der Waals surface area contributed by atoms with Crippen LogP contribution in [0.2, 0.25) is 5.02 Å². The van der Waals surface area contributed by atoms with Crippen LogP contribution in [-0.4, -0.2) is 30.6 Å². The van der Waals surface area contributed by atoms with Gasteiger partial charge in [0.05, 0.1) is 6.61 Å². The zero-order valence-electron chi connectivity index (χ0n) is 13.0. The van der Waals surface area contributed by atoms with Crippen molar-refractivity contribution in [3.8, 4) is 0 Å². The molecule has 0 spiro atoms. The van der Waals surface area contributed by atoms with Crippen molar-refractivity contribution >= 4 is 28.4 Å². The van der Waals surface area contributed by atoms with Crippen molar-refractivity contribution in [2.45, 2.75) is 38.6 Å². The smallest absolute Gasteiger partial charge is 0.222 e. The standard InChI is InChI=1S/C17H21ClN2O2/c1-10-7-11(18)8-14-13-9-12(19-16(21)5-6-22-2)3-4-15(13)20-17(10)14/h7-8,12,20H,3-6,9H2,1-2H3,(H,19,21). The molecule has 1 atom stereocenters. The number of halogens is 1. The number of amides is 1. The topological polar surface area (TPSA) is 54.1 Å². The quantitative estimate of drug-likeness (QED) is 0.909. The Bertz CT molecular complexity index is 708. The molecule has 0 saturated carbocycles. The molecule has 22 heavy (non-hydrogen) atoms. The van der Waals surface area contributed by atoms with Crippen LogP contribution in [0.15, 0.2) is 12.1 Å². The number of carbonyl (C=O) groups is 1. The van der Waals surface area contributed by atoms with E-state index in [9.17, 15) is 4.79 Å². The Kier molecular flexibility index (Phi) is 4.41. The number of H-pyrrole nitrogens is 1. The monoisotopic (exact) mass is 320 g/mol. The van der Waals surface area contributed by atoms with E-state index < -0.39 is 0 Å². The van der Waals surface area contributed by atoms with Crippen LogP contribution in [0.3, 0.4) is 0 Å². The molecule has 0 saturated heterocycles. The van der Waals surface area contributed by atoms with Gasteiger partial charge >= 0.3 is 0 Å². The minimum Gasteiger partial charge on any atom is -0.384 e. The number of aryl methyl sites for hydroxylation is 2. The molecular formula is C17H21ClN2O2. The summed E-state index contributed by atoms with van der Waals surface area (Å²) in [6.45, 7) is 2.53. The molecule has 4 nitrogen and oxygen atoms in total. The molecule has 1 aromatic heterocycles. The summed E-state index contributed by atoms with van der Waals surface area (Å²) in [4.78, 5) is 15.4. The fourth-order valence-corrected chi connectivity index (χ4v) is 3.54. The normalized spacial score (nSPS) is 17.5. The third-order valence-corrected chi connectivity index (χ3v) is 4.58. The Morgan fingerprint density at radius 2 is 2.32 bits per heavy atom. The summed E-state index contributed by atoms with van der Waals surface area (Å²) in [5.41, 5.74) is 4.91. The minimum atomic E-state index is 0.0596. The average molecular weight is 321 g/mol. The molecule has 1 heterocycles. The first kappa shape index (κ1) is 15.4. The maximum Gasteiger partial charge on any atom is 0.222 e. The van der Waals surface area contributed by atoms with Gasteiger partial charge in [-0.3, -0.25) is 4.79 Å². The second-order valence-electron chi connectivity index (χ2n) is 5.98. The van der Waals surface area contributed by atoms with Crippen LogP contribution < -0.4 is 5.32 Å². The van der Waals surface area contributed by atoms with Gasteiger partial charge in [0, 0.05) is 41.2 Å². The van der Waals surface area contributed by atoms with Gasteiger partial charge in [-0.1, -0.05) is 11.6 Å². The van der Waals surface area contributed by atoms with Gasteiger partial charge in [-0.25, -0.2) is 0 Å². The zero-order valence-corrected chi connectivity index (χ0v) is 13.7. The molecule has 5 heteroatoms. The van der Waals surface area contributed by atoms with E-state index in [1.54, 1.807) is 7.11 Å². The van der Waals surface area contributed by atoms with E-state index in [0.717, 1.165) is 29.8 Å². The number of hydrogen-bond acceptors (Lipinski definition) is 2. The first-order valence-corrected chi connectivity index (χ1v) is 8.04. The van der Waals surface area contributed by atoms with Gasteiger partial charge in [0.15, 0.2) is 0 Å². The number of fused-ring (bicyclic) bond motifs is 3. The highest BCUT2D eigenvalue weighted by Crippen LogP contribution is 2.32. The van der Waals surface area contributed by atoms with Gasteiger partial charge in [0.25, 0.3) is 0 Å². The van der Waals surface area contributed by atoms with Crippen LogP contribution in [0, 0.1) is 6.92 Å². The number of aromatic nitrogens is 1. The zero-order chi connectivity index (χ0) is 15.7. The first-order chi connectivity index (χ1) is 10.6. The van der Waals surface area contributed by atoms with Crippen molar-refractivity contribution in [1.29, 1.82) is 0 Å². The number of benzene rings is 1. The molecule has 2 N–H and O–H groups in total. The van der Waals surface area contributed by atoms with Crippen LogP contribution in [0.5, 0.6) is 0 Å². The van der Waals surface area contributed by atoms with E-state index in [-0.39, 0.29) is 11.9 Å². The molecule has 1 aromatic carbocycles. The van der Waals surface area contributed by atoms with Crippen LogP contribution in [-0.2, 0) is 22.4 Å². The number of carbonyl (C=O) groups excluding carboxylic acids is 1. The Morgan fingerprint density at radius 3 is 3.09 bits per heavy atom. The predicted molar refractivity (Wildman–Crippen MR) is 88.5 cm³/mol. The van der Waals surface area contributed by atoms with Gasteiger partial charge in [-0.05, 0) is 49.4 Å². The van der Waals surface area contributed by atoms with Crippen molar-refractivity contribution in [3.63, 3.8) is 0 Å². The molecule has 0 radical (unpaired) electrons. The van der Waals surface area contributed by atoms with Gasteiger partial charge in [-0.2, -0.15) is 0 Å². The summed E-state index contributed by atoms with van der Waals surface area (Å²) in [5, 5.41) is 5.07. The molecule has 1 amide bonds. The Morgan fingerprint density at radius 1 is 1.50 bits per heavy atom. The van der Waals surface area contributed by atoms with Crippen molar-refractivity contribution in [2.75, 3.05) is 13.7 Å². The number of methoxy groups -OCH3 is 1. The van der Waals surface area contributed by atoms with Crippen LogP contribution in [0.25, 0.3) is 10.9 Å². The molecule has 118 valence electrons. The van der Waals surface area contributed by atoms with Gasteiger partial charge in [0.1, 0.15) is 0 Å². The average Bonchev–Trinajstić information content (AvgIpc) is 2.84. The summed E-state index contributed by atoms with van der Waals surface area (Å²) < 4.78 is 4.95. The van der Waals surface area contributed by atoms with Crippen LogP contribution >= 0.6 is 11.6 Å². The van der Waals surface area contributed by atoms with E-state index >= 15 is 0 Å². The van der Waals surface area contributed by atoms with Gasteiger partial charge < -0.3 is 15.0 Å². The third kappa shape index (κ3) is 2.99. The Hall–Kier alpha value is -1.52. The molecule has 0 aliphatic heterocycles. The summed E-state index contributed by atoms with van der Waals surface area (Å²) in [5.74, 6) is 0.0596. The molecule has 1 aliphatic rings. The molecule has 3 rings (SSSR count). The molecule has 1 unspecified atom stereocenters.